The van der Waals surface area contributed by atoms with Crippen LogP contribution in [0.3, 0.4) is 0 Å². The Morgan fingerprint density at radius 2 is 2.20 bits per heavy atom. The van der Waals surface area contributed by atoms with Gasteiger partial charge in [0.2, 0.25) is 5.91 Å². The zero-order chi connectivity index (χ0) is 11.5. The molecule has 1 aliphatic heterocycles. The second-order valence-electron chi connectivity index (χ2n) is 3.26. The van der Waals surface area contributed by atoms with Gasteiger partial charge in [-0.25, -0.2) is 0 Å². The van der Waals surface area contributed by atoms with E-state index in [1.807, 2.05) is 0 Å². The van der Waals surface area contributed by atoms with Gasteiger partial charge in [-0.1, -0.05) is 22.0 Å². The van der Waals surface area contributed by atoms with Crippen LogP contribution < -0.4 is 0 Å². The first kappa shape index (κ1) is 12.5. The monoisotopic (exact) mass is 285 g/mol. The van der Waals surface area contributed by atoms with E-state index in [0.717, 1.165) is 6.08 Å². The summed E-state index contributed by atoms with van der Waals surface area (Å²) < 4.78 is 36.7. The maximum absolute atomic E-state index is 12.2. The molecule has 2 nitrogen and oxygen atoms in total. The lowest BCUT2D eigenvalue weighted by molar-refractivity contribution is -0.131. The van der Waals surface area contributed by atoms with Crippen LogP contribution in [0, 0.1) is 0 Å². The highest BCUT2D eigenvalue weighted by Gasteiger charge is 2.35. The highest BCUT2D eigenvalue weighted by molar-refractivity contribution is 9.09. The Balaban J connectivity index is 2.54. The lowest BCUT2D eigenvalue weighted by Crippen LogP contribution is -2.36. The molecule has 0 atom stereocenters. The summed E-state index contributed by atoms with van der Waals surface area (Å²) in [4.78, 5) is 12.8. The summed E-state index contributed by atoms with van der Waals surface area (Å²) >= 11 is 3.12. The van der Waals surface area contributed by atoms with Crippen LogP contribution in [0.5, 0.6) is 0 Å². The number of rotatable bonds is 2. The van der Waals surface area contributed by atoms with E-state index in [1.54, 1.807) is 0 Å². The molecule has 6 heteroatoms. The summed E-state index contributed by atoms with van der Waals surface area (Å²) in [6, 6.07) is 0. The van der Waals surface area contributed by atoms with Gasteiger partial charge in [-0.15, -0.1) is 0 Å². The van der Waals surface area contributed by atoms with Gasteiger partial charge >= 0.3 is 6.18 Å². The van der Waals surface area contributed by atoms with E-state index >= 15 is 0 Å². The maximum atomic E-state index is 12.2. The zero-order valence-corrected chi connectivity index (χ0v) is 9.57. The van der Waals surface area contributed by atoms with Crippen LogP contribution >= 0.6 is 15.9 Å². The van der Waals surface area contributed by atoms with E-state index in [4.69, 9.17) is 0 Å². The third-order valence-corrected chi connectivity index (χ3v) is 2.63. The molecule has 86 valence electrons. The average Bonchev–Trinajstić information content (AvgIpc) is 2.17. The Morgan fingerprint density at radius 3 is 2.60 bits per heavy atom. The van der Waals surface area contributed by atoms with Gasteiger partial charge in [0.05, 0.1) is 0 Å². The largest absolute Gasteiger partial charge is 0.412 e. The SMILES string of the molecule is O=C(CCBr)N1CC=C(C(F)(F)F)CC1. The van der Waals surface area contributed by atoms with Crippen molar-refractivity contribution in [3.63, 3.8) is 0 Å². The molecule has 0 aromatic rings. The van der Waals surface area contributed by atoms with Crippen molar-refractivity contribution in [2.24, 2.45) is 0 Å². The molecule has 0 fully saturated rings. The van der Waals surface area contributed by atoms with Gasteiger partial charge in [-0.3, -0.25) is 4.79 Å². The molecule has 0 aromatic heterocycles. The third-order valence-electron chi connectivity index (χ3n) is 2.23. The molecule has 1 heterocycles. The van der Waals surface area contributed by atoms with Crippen LogP contribution in [0.15, 0.2) is 11.6 Å². The predicted octanol–water partition coefficient (Wildman–Crippen LogP) is 2.49. The van der Waals surface area contributed by atoms with E-state index < -0.39 is 11.7 Å². The van der Waals surface area contributed by atoms with Gasteiger partial charge in [0.1, 0.15) is 0 Å². The molecule has 1 rings (SSSR count). The minimum atomic E-state index is -4.25. The molecule has 0 aromatic carbocycles. The van der Waals surface area contributed by atoms with Crippen LogP contribution in [0.1, 0.15) is 12.8 Å². The first-order chi connectivity index (χ1) is 6.95. The summed E-state index contributed by atoms with van der Waals surface area (Å²) in [5.74, 6) is -0.107. The number of alkyl halides is 4. The van der Waals surface area contributed by atoms with Crippen molar-refractivity contribution in [3.05, 3.63) is 11.6 Å². The van der Waals surface area contributed by atoms with Crippen molar-refractivity contribution in [3.8, 4) is 0 Å². The molecule has 1 aliphatic rings. The van der Waals surface area contributed by atoms with Crippen LogP contribution in [0.2, 0.25) is 0 Å². The molecule has 0 radical (unpaired) electrons. The highest BCUT2D eigenvalue weighted by atomic mass is 79.9. The first-order valence-electron chi connectivity index (χ1n) is 4.55. The van der Waals surface area contributed by atoms with E-state index in [1.165, 1.54) is 4.90 Å². The normalized spacial score (nSPS) is 17.6. The van der Waals surface area contributed by atoms with E-state index in [9.17, 15) is 18.0 Å². The summed E-state index contributed by atoms with van der Waals surface area (Å²) in [6.07, 6.45) is -2.92. The van der Waals surface area contributed by atoms with Crippen molar-refractivity contribution < 1.29 is 18.0 Å². The Labute approximate surface area is 94.2 Å². The molecule has 0 saturated heterocycles. The highest BCUT2D eigenvalue weighted by Crippen LogP contribution is 2.30. The molecule has 0 N–H and O–H groups in total. The fraction of sp³-hybridized carbons (Fsp3) is 0.667. The Kier molecular flexibility index (Phi) is 4.19. The number of amides is 1. The quantitative estimate of drug-likeness (QED) is 0.564. The van der Waals surface area contributed by atoms with E-state index in [2.05, 4.69) is 15.9 Å². The molecular weight excluding hydrogens is 275 g/mol. The van der Waals surface area contributed by atoms with Gasteiger partial charge in [0, 0.05) is 30.4 Å². The minimum absolute atomic E-state index is 0.0701. The Bertz CT molecular complexity index is 275. The Morgan fingerprint density at radius 1 is 1.53 bits per heavy atom. The number of nitrogens with zero attached hydrogens (tertiary/aromatic N) is 1. The van der Waals surface area contributed by atoms with Gasteiger partial charge in [0.25, 0.3) is 0 Å². The van der Waals surface area contributed by atoms with Gasteiger partial charge in [0.15, 0.2) is 0 Å². The fourth-order valence-corrected chi connectivity index (χ4v) is 1.73. The molecule has 0 spiro atoms. The summed E-state index contributed by atoms with van der Waals surface area (Å²) in [5, 5.41) is 0.540. The van der Waals surface area contributed by atoms with Crippen LogP contribution in [0.25, 0.3) is 0 Å². The predicted molar refractivity (Wildman–Crippen MR) is 53.7 cm³/mol. The molecule has 0 saturated carbocycles. The molecule has 0 aliphatic carbocycles. The van der Waals surface area contributed by atoms with Crippen molar-refractivity contribution in [1.82, 2.24) is 4.90 Å². The number of hydrogen-bond acceptors (Lipinski definition) is 1. The van der Waals surface area contributed by atoms with E-state index in [0.29, 0.717) is 11.8 Å². The summed E-state index contributed by atoms with van der Waals surface area (Å²) in [5.41, 5.74) is -0.523. The molecule has 1 amide bonds. The van der Waals surface area contributed by atoms with Gasteiger partial charge < -0.3 is 4.90 Å². The van der Waals surface area contributed by atoms with Crippen LogP contribution in [-0.2, 0) is 4.79 Å². The van der Waals surface area contributed by atoms with Crippen molar-refractivity contribution in [2.75, 3.05) is 18.4 Å². The lowest BCUT2D eigenvalue weighted by atomic mass is 10.1. The molecule has 15 heavy (non-hydrogen) atoms. The lowest BCUT2D eigenvalue weighted by Gasteiger charge is -2.27. The number of hydrogen-bond donors (Lipinski definition) is 0. The van der Waals surface area contributed by atoms with Gasteiger partial charge in [-0.2, -0.15) is 13.2 Å². The topological polar surface area (TPSA) is 20.3 Å². The molecular formula is C9H11BrF3NO. The summed E-state index contributed by atoms with van der Waals surface area (Å²) in [6.45, 7) is 0.234. The summed E-state index contributed by atoms with van der Waals surface area (Å²) in [7, 11) is 0. The minimum Gasteiger partial charge on any atom is -0.339 e. The van der Waals surface area contributed by atoms with Crippen molar-refractivity contribution in [2.45, 2.75) is 19.0 Å². The van der Waals surface area contributed by atoms with Gasteiger partial charge in [-0.05, 0) is 6.42 Å². The Hall–Kier alpha value is -0.520. The second kappa shape index (κ2) is 5.01. The van der Waals surface area contributed by atoms with Crippen molar-refractivity contribution in [1.29, 1.82) is 0 Å². The third kappa shape index (κ3) is 3.52. The van der Waals surface area contributed by atoms with E-state index in [-0.39, 0.29) is 25.4 Å². The van der Waals surface area contributed by atoms with Crippen LogP contribution in [0.4, 0.5) is 13.2 Å². The first-order valence-corrected chi connectivity index (χ1v) is 5.67. The number of carbonyl (C=O) groups excluding carboxylic acids is 1. The number of carbonyl (C=O) groups is 1. The maximum Gasteiger partial charge on any atom is 0.412 e. The zero-order valence-electron chi connectivity index (χ0n) is 7.98. The van der Waals surface area contributed by atoms with Crippen LogP contribution in [-0.4, -0.2) is 35.4 Å². The smallest absolute Gasteiger partial charge is 0.339 e. The standard InChI is InChI=1S/C9H11BrF3NO/c10-4-1-8(15)14-5-2-7(3-6-14)9(11,12)13/h2H,1,3-6H2. The molecule has 0 bridgehead atoms. The van der Waals surface area contributed by atoms with Crippen molar-refractivity contribution >= 4 is 21.8 Å². The molecule has 0 unspecified atom stereocenters. The fourth-order valence-electron chi connectivity index (χ4n) is 1.39. The number of halogens is 4. The second-order valence-corrected chi connectivity index (χ2v) is 4.05. The average molecular weight is 286 g/mol.